The van der Waals surface area contributed by atoms with Crippen LogP contribution in [0.1, 0.15) is 50.2 Å². The first-order valence-electron chi connectivity index (χ1n) is 10.4. The molecule has 162 valence electrons. The minimum Gasteiger partial charge on any atom is -0.452 e. The van der Waals surface area contributed by atoms with E-state index in [9.17, 15) is 19.2 Å². The van der Waals surface area contributed by atoms with Gasteiger partial charge in [-0.05, 0) is 50.8 Å². The normalized spacial score (nSPS) is 20.2. The SMILES string of the molecule is Cc1cccc(N2C[C@@H](C(=O)O[C@@H](C)C(=O)NC(=O)NC3CCCC3)CC2=O)c1C. The molecule has 1 saturated carbocycles. The number of hydrogen-bond donors (Lipinski definition) is 2. The lowest BCUT2D eigenvalue weighted by atomic mass is 10.1. The van der Waals surface area contributed by atoms with Crippen LogP contribution in [-0.4, -0.2) is 42.5 Å². The number of imide groups is 1. The van der Waals surface area contributed by atoms with Gasteiger partial charge in [0.25, 0.3) is 5.91 Å². The lowest BCUT2D eigenvalue weighted by molar-refractivity contribution is -0.158. The average Bonchev–Trinajstić information content (AvgIpc) is 3.33. The van der Waals surface area contributed by atoms with Crippen LogP contribution in [0.15, 0.2) is 18.2 Å². The molecule has 0 bridgehead atoms. The summed E-state index contributed by atoms with van der Waals surface area (Å²) in [7, 11) is 0. The standard InChI is InChI=1S/C22H29N3O5/c1-13-7-6-10-18(14(13)2)25-12-16(11-19(25)26)21(28)30-15(3)20(27)24-22(29)23-17-8-4-5-9-17/h6-7,10,15-17H,4-5,8-9,11-12H2,1-3H3,(H2,23,24,27,29)/t15-,16-/m0/s1. The Kier molecular flexibility index (Phi) is 6.74. The van der Waals surface area contributed by atoms with Crippen LogP contribution in [0.3, 0.4) is 0 Å². The lowest BCUT2D eigenvalue weighted by Crippen LogP contribution is -2.47. The summed E-state index contributed by atoms with van der Waals surface area (Å²) in [4.78, 5) is 50.7. The lowest BCUT2D eigenvalue weighted by Gasteiger charge is -2.20. The molecule has 0 aromatic heterocycles. The molecule has 1 aliphatic carbocycles. The number of rotatable bonds is 5. The second kappa shape index (κ2) is 9.28. The van der Waals surface area contributed by atoms with Gasteiger partial charge in [-0.25, -0.2) is 4.79 Å². The van der Waals surface area contributed by atoms with Crippen molar-refractivity contribution in [2.24, 2.45) is 5.92 Å². The number of carbonyl (C=O) groups excluding carboxylic acids is 4. The van der Waals surface area contributed by atoms with Gasteiger partial charge in [0.05, 0.1) is 5.92 Å². The van der Waals surface area contributed by atoms with E-state index >= 15 is 0 Å². The predicted octanol–water partition coefficient (Wildman–Crippen LogP) is 2.36. The molecule has 2 aliphatic rings. The quantitative estimate of drug-likeness (QED) is 0.719. The first kappa shape index (κ1) is 21.8. The van der Waals surface area contributed by atoms with Gasteiger partial charge in [-0.15, -0.1) is 0 Å². The Morgan fingerprint density at radius 2 is 1.87 bits per heavy atom. The van der Waals surface area contributed by atoms with Crippen molar-refractivity contribution in [3.63, 3.8) is 0 Å². The number of anilines is 1. The van der Waals surface area contributed by atoms with E-state index in [1.165, 1.54) is 6.92 Å². The Morgan fingerprint density at radius 3 is 2.57 bits per heavy atom. The summed E-state index contributed by atoms with van der Waals surface area (Å²) in [5.74, 6) is -2.11. The van der Waals surface area contributed by atoms with Crippen LogP contribution in [0.25, 0.3) is 0 Å². The average molecular weight is 415 g/mol. The number of esters is 1. The van der Waals surface area contributed by atoms with Gasteiger partial charge in [0.2, 0.25) is 5.91 Å². The molecular formula is C22H29N3O5. The van der Waals surface area contributed by atoms with Crippen LogP contribution in [0, 0.1) is 19.8 Å². The molecule has 0 spiro atoms. The highest BCUT2D eigenvalue weighted by Gasteiger charge is 2.38. The van der Waals surface area contributed by atoms with E-state index in [1.54, 1.807) is 4.90 Å². The van der Waals surface area contributed by atoms with Crippen LogP contribution in [-0.2, 0) is 19.1 Å². The van der Waals surface area contributed by atoms with Crippen LogP contribution in [0.5, 0.6) is 0 Å². The smallest absolute Gasteiger partial charge is 0.321 e. The predicted molar refractivity (Wildman–Crippen MR) is 111 cm³/mol. The number of hydrogen-bond acceptors (Lipinski definition) is 5. The van der Waals surface area contributed by atoms with Crippen molar-refractivity contribution in [1.82, 2.24) is 10.6 Å². The van der Waals surface area contributed by atoms with Crippen LogP contribution < -0.4 is 15.5 Å². The fourth-order valence-electron chi connectivity index (χ4n) is 3.96. The van der Waals surface area contributed by atoms with E-state index < -0.39 is 29.9 Å². The highest BCUT2D eigenvalue weighted by Crippen LogP contribution is 2.30. The molecule has 1 aromatic carbocycles. The zero-order chi connectivity index (χ0) is 21.8. The van der Waals surface area contributed by atoms with E-state index in [0.717, 1.165) is 42.5 Å². The number of nitrogens with zero attached hydrogens (tertiary/aromatic N) is 1. The first-order chi connectivity index (χ1) is 14.3. The van der Waals surface area contributed by atoms with Crippen molar-refractivity contribution in [1.29, 1.82) is 0 Å². The summed E-state index contributed by atoms with van der Waals surface area (Å²) in [6, 6.07) is 5.20. The molecule has 2 N–H and O–H groups in total. The summed E-state index contributed by atoms with van der Waals surface area (Å²) >= 11 is 0. The Balaban J connectivity index is 1.52. The molecule has 1 aliphatic heterocycles. The Labute approximate surface area is 176 Å². The molecule has 1 saturated heterocycles. The van der Waals surface area contributed by atoms with Crippen molar-refractivity contribution >= 4 is 29.5 Å². The molecule has 8 nitrogen and oxygen atoms in total. The minimum absolute atomic E-state index is 0.0305. The number of amides is 4. The van der Waals surface area contributed by atoms with Crippen molar-refractivity contribution in [3.05, 3.63) is 29.3 Å². The molecule has 4 amide bonds. The van der Waals surface area contributed by atoms with E-state index in [2.05, 4.69) is 10.6 Å². The highest BCUT2D eigenvalue weighted by molar-refractivity contribution is 6.01. The van der Waals surface area contributed by atoms with Gasteiger partial charge in [0.1, 0.15) is 0 Å². The zero-order valence-corrected chi connectivity index (χ0v) is 17.7. The van der Waals surface area contributed by atoms with Crippen molar-refractivity contribution in [2.45, 2.75) is 65.0 Å². The number of carbonyl (C=O) groups is 4. The molecule has 2 fully saturated rings. The fraction of sp³-hybridized carbons (Fsp3) is 0.545. The Morgan fingerprint density at radius 1 is 1.17 bits per heavy atom. The molecule has 0 radical (unpaired) electrons. The topological polar surface area (TPSA) is 105 Å². The maximum atomic E-state index is 12.5. The third-order valence-corrected chi connectivity index (χ3v) is 5.91. The summed E-state index contributed by atoms with van der Waals surface area (Å²) in [6.07, 6.45) is 2.83. The summed E-state index contributed by atoms with van der Waals surface area (Å²) < 4.78 is 5.24. The van der Waals surface area contributed by atoms with Gasteiger partial charge in [0, 0.05) is 24.7 Å². The molecule has 1 heterocycles. The third-order valence-electron chi connectivity index (χ3n) is 5.91. The largest absolute Gasteiger partial charge is 0.452 e. The monoisotopic (exact) mass is 415 g/mol. The van der Waals surface area contributed by atoms with Gasteiger partial charge in [-0.3, -0.25) is 19.7 Å². The number of aryl methyl sites for hydroxylation is 1. The van der Waals surface area contributed by atoms with Gasteiger partial charge in [-0.1, -0.05) is 25.0 Å². The van der Waals surface area contributed by atoms with E-state index in [4.69, 9.17) is 4.74 Å². The van der Waals surface area contributed by atoms with E-state index in [0.29, 0.717) is 0 Å². The van der Waals surface area contributed by atoms with Gasteiger partial charge < -0.3 is 15.0 Å². The molecule has 0 unspecified atom stereocenters. The summed E-state index contributed by atoms with van der Waals surface area (Å²) in [6.45, 7) is 5.52. The van der Waals surface area contributed by atoms with Crippen LogP contribution in [0.4, 0.5) is 10.5 Å². The maximum absolute atomic E-state index is 12.5. The number of urea groups is 1. The highest BCUT2D eigenvalue weighted by atomic mass is 16.5. The summed E-state index contributed by atoms with van der Waals surface area (Å²) in [5, 5.41) is 4.97. The number of ether oxygens (including phenoxy) is 1. The van der Waals surface area contributed by atoms with Crippen molar-refractivity contribution in [2.75, 3.05) is 11.4 Å². The Hall–Kier alpha value is -2.90. The number of nitrogens with one attached hydrogen (secondary N) is 2. The van der Waals surface area contributed by atoms with Gasteiger partial charge >= 0.3 is 12.0 Å². The fourth-order valence-corrected chi connectivity index (χ4v) is 3.96. The molecule has 1 aromatic rings. The molecule has 3 rings (SSSR count). The van der Waals surface area contributed by atoms with Gasteiger partial charge in [-0.2, -0.15) is 0 Å². The second-order valence-corrected chi connectivity index (χ2v) is 8.15. The van der Waals surface area contributed by atoms with E-state index in [-0.39, 0.29) is 24.9 Å². The van der Waals surface area contributed by atoms with E-state index in [1.807, 2.05) is 32.0 Å². The zero-order valence-electron chi connectivity index (χ0n) is 17.7. The molecule has 30 heavy (non-hydrogen) atoms. The van der Waals surface area contributed by atoms with Crippen LogP contribution in [0.2, 0.25) is 0 Å². The second-order valence-electron chi connectivity index (χ2n) is 8.15. The maximum Gasteiger partial charge on any atom is 0.321 e. The summed E-state index contributed by atoms with van der Waals surface area (Å²) in [5.41, 5.74) is 2.83. The number of benzene rings is 1. The van der Waals surface area contributed by atoms with Crippen molar-refractivity contribution in [3.8, 4) is 0 Å². The first-order valence-corrected chi connectivity index (χ1v) is 10.4. The van der Waals surface area contributed by atoms with Gasteiger partial charge in [0.15, 0.2) is 6.10 Å². The van der Waals surface area contributed by atoms with Crippen LogP contribution >= 0.6 is 0 Å². The minimum atomic E-state index is -1.13. The molecule has 2 atom stereocenters. The Bertz CT molecular complexity index is 847. The molecule has 8 heteroatoms. The molecular weight excluding hydrogens is 386 g/mol. The third kappa shape index (κ3) is 4.98. The van der Waals surface area contributed by atoms with Crippen molar-refractivity contribution < 1.29 is 23.9 Å².